The Morgan fingerprint density at radius 2 is 2.17 bits per heavy atom. The van der Waals surface area contributed by atoms with Crippen LogP contribution < -0.4 is 10.1 Å². The molecule has 0 fully saturated rings. The van der Waals surface area contributed by atoms with Gasteiger partial charge in [0.15, 0.2) is 0 Å². The number of aromatic nitrogens is 1. The Hall–Kier alpha value is -1.82. The summed E-state index contributed by atoms with van der Waals surface area (Å²) in [5.74, 6) is 0.664. The number of aliphatic hydroxyl groups excluding tert-OH is 1. The summed E-state index contributed by atoms with van der Waals surface area (Å²) in [6, 6.07) is 4.94. The summed E-state index contributed by atoms with van der Waals surface area (Å²) in [6.07, 6.45) is -0.575. The topological polar surface area (TPSA) is 80.7 Å². The Bertz CT molecular complexity index is 401. The maximum atomic E-state index is 11.5. The van der Waals surface area contributed by atoms with Crippen LogP contribution in [0.4, 0.5) is 10.6 Å². The molecule has 0 unspecified atom stereocenters. The lowest BCUT2D eigenvalue weighted by Crippen LogP contribution is -2.27. The van der Waals surface area contributed by atoms with Crippen molar-refractivity contribution in [1.29, 1.82) is 0 Å². The second-order valence-electron chi connectivity index (χ2n) is 4.56. The monoisotopic (exact) mass is 254 g/mol. The number of aliphatic hydroxyl groups is 1. The molecule has 0 aromatic carbocycles. The van der Waals surface area contributed by atoms with Crippen LogP contribution >= 0.6 is 0 Å². The number of anilines is 1. The van der Waals surface area contributed by atoms with Crippen LogP contribution in [0, 0.1) is 0 Å². The second kappa shape index (κ2) is 6.20. The predicted molar refractivity (Wildman–Crippen MR) is 66.7 cm³/mol. The van der Waals surface area contributed by atoms with E-state index in [0.29, 0.717) is 11.7 Å². The molecule has 18 heavy (non-hydrogen) atoms. The Labute approximate surface area is 106 Å². The van der Waals surface area contributed by atoms with E-state index in [0.717, 1.165) is 0 Å². The van der Waals surface area contributed by atoms with Gasteiger partial charge in [0.05, 0.1) is 6.61 Å². The molecule has 1 aromatic heterocycles. The fraction of sp³-hybridized carbons (Fsp3) is 0.500. The number of carbonyl (C=O) groups is 1. The van der Waals surface area contributed by atoms with E-state index in [-0.39, 0.29) is 13.2 Å². The Kier molecular flexibility index (Phi) is 4.91. The second-order valence-corrected chi connectivity index (χ2v) is 4.56. The molecule has 0 aliphatic carbocycles. The highest BCUT2D eigenvalue weighted by Crippen LogP contribution is 2.13. The van der Waals surface area contributed by atoms with Crippen LogP contribution in [0.1, 0.15) is 20.8 Å². The maximum Gasteiger partial charge on any atom is 0.413 e. The highest BCUT2D eigenvalue weighted by atomic mass is 16.6. The molecule has 0 atom stereocenters. The first-order valence-corrected chi connectivity index (χ1v) is 5.61. The summed E-state index contributed by atoms with van der Waals surface area (Å²) in [5, 5.41) is 11.1. The Balaban J connectivity index is 2.59. The molecule has 0 bridgehead atoms. The molecule has 100 valence electrons. The SMILES string of the molecule is CC(C)(C)OC(=O)Nc1cccc(OCCO)n1. The molecule has 0 radical (unpaired) electrons. The largest absolute Gasteiger partial charge is 0.475 e. The third kappa shape index (κ3) is 5.49. The molecule has 0 aliphatic heterocycles. The summed E-state index contributed by atoms with van der Waals surface area (Å²) < 4.78 is 10.2. The van der Waals surface area contributed by atoms with Crippen LogP contribution in [0.15, 0.2) is 18.2 Å². The minimum atomic E-state index is -0.575. The van der Waals surface area contributed by atoms with Crippen molar-refractivity contribution < 1.29 is 19.4 Å². The molecule has 1 heterocycles. The van der Waals surface area contributed by atoms with Gasteiger partial charge in [-0.2, -0.15) is 4.98 Å². The van der Waals surface area contributed by atoms with Gasteiger partial charge in [-0.25, -0.2) is 4.79 Å². The lowest BCUT2D eigenvalue weighted by atomic mass is 10.2. The van der Waals surface area contributed by atoms with Crippen LogP contribution in [0.5, 0.6) is 5.88 Å². The van der Waals surface area contributed by atoms with Crippen molar-refractivity contribution in [2.75, 3.05) is 18.5 Å². The number of hydrogen-bond acceptors (Lipinski definition) is 5. The average molecular weight is 254 g/mol. The van der Waals surface area contributed by atoms with E-state index >= 15 is 0 Å². The fourth-order valence-corrected chi connectivity index (χ4v) is 1.12. The van der Waals surface area contributed by atoms with E-state index in [1.54, 1.807) is 39.0 Å². The summed E-state index contributed by atoms with van der Waals surface area (Å²) in [7, 11) is 0. The highest BCUT2D eigenvalue weighted by Gasteiger charge is 2.16. The number of carbonyl (C=O) groups excluding carboxylic acids is 1. The van der Waals surface area contributed by atoms with E-state index in [4.69, 9.17) is 14.6 Å². The summed E-state index contributed by atoms with van der Waals surface area (Å²) in [6.45, 7) is 5.40. The van der Waals surface area contributed by atoms with Gasteiger partial charge in [-0.1, -0.05) is 6.07 Å². The van der Waals surface area contributed by atoms with Crippen LogP contribution in [0.25, 0.3) is 0 Å². The number of pyridine rings is 1. The number of amides is 1. The van der Waals surface area contributed by atoms with Gasteiger partial charge in [-0.3, -0.25) is 5.32 Å². The molecular weight excluding hydrogens is 236 g/mol. The normalized spacial score (nSPS) is 10.9. The first-order chi connectivity index (χ1) is 8.40. The number of rotatable bonds is 4. The maximum absolute atomic E-state index is 11.5. The summed E-state index contributed by atoms with van der Waals surface area (Å²) in [5.41, 5.74) is -0.560. The number of ether oxygens (including phenoxy) is 2. The fourth-order valence-electron chi connectivity index (χ4n) is 1.12. The molecule has 1 amide bonds. The van der Waals surface area contributed by atoms with Crippen molar-refractivity contribution in [2.24, 2.45) is 0 Å². The van der Waals surface area contributed by atoms with Crippen LogP contribution in [0.2, 0.25) is 0 Å². The molecule has 1 rings (SSSR count). The Morgan fingerprint density at radius 3 is 2.78 bits per heavy atom. The van der Waals surface area contributed by atoms with Crippen molar-refractivity contribution in [1.82, 2.24) is 4.98 Å². The van der Waals surface area contributed by atoms with Gasteiger partial charge in [-0.15, -0.1) is 0 Å². The number of nitrogens with one attached hydrogen (secondary N) is 1. The lowest BCUT2D eigenvalue weighted by Gasteiger charge is -2.19. The van der Waals surface area contributed by atoms with Crippen molar-refractivity contribution in [3.05, 3.63) is 18.2 Å². The van der Waals surface area contributed by atoms with E-state index < -0.39 is 11.7 Å². The van der Waals surface area contributed by atoms with Gasteiger partial charge in [0.1, 0.15) is 18.0 Å². The third-order valence-electron chi connectivity index (χ3n) is 1.69. The molecule has 1 aromatic rings. The van der Waals surface area contributed by atoms with Crippen LogP contribution in [0.3, 0.4) is 0 Å². The minimum Gasteiger partial charge on any atom is -0.475 e. The van der Waals surface area contributed by atoms with E-state index in [9.17, 15) is 4.79 Å². The van der Waals surface area contributed by atoms with Crippen molar-refractivity contribution >= 4 is 11.9 Å². The zero-order valence-electron chi connectivity index (χ0n) is 10.8. The summed E-state index contributed by atoms with van der Waals surface area (Å²) >= 11 is 0. The van der Waals surface area contributed by atoms with Crippen molar-refractivity contribution in [3.8, 4) is 5.88 Å². The molecule has 0 spiro atoms. The number of nitrogens with zero attached hydrogens (tertiary/aromatic N) is 1. The zero-order chi connectivity index (χ0) is 13.6. The van der Waals surface area contributed by atoms with Gasteiger partial charge in [0.2, 0.25) is 5.88 Å². The quantitative estimate of drug-likeness (QED) is 0.856. The standard InChI is InChI=1S/C12H18N2O4/c1-12(2,3)18-11(16)14-9-5-4-6-10(13-9)17-8-7-15/h4-6,15H,7-8H2,1-3H3,(H,13,14,16). The van der Waals surface area contributed by atoms with E-state index in [2.05, 4.69) is 10.3 Å². The number of hydrogen-bond donors (Lipinski definition) is 2. The van der Waals surface area contributed by atoms with Gasteiger partial charge < -0.3 is 14.6 Å². The third-order valence-corrected chi connectivity index (χ3v) is 1.69. The zero-order valence-corrected chi connectivity index (χ0v) is 10.8. The molecule has 2 N–H and O–H groups in total. The first kappa shape index (κ1) is 14.2. The molecule has 0 saturated heterocycles. The van der Waals surface area contributed by atoms with Gasteiger partial charge in [0, 0.05) is 6.07 Å². The lowest BCUT2D eigenvalue weighted by molar-refractivity contribution is 0.0635. The van der Waals surface area contributed by atoms with E-state index in [1.165, 1.54) is 0 Å². The van der Waals surface area contributed by atoms with Gasteiger partial charge in [-0.05, 0) is 26.8 Å². The van der Waals surface area contributed by atoms with Crippen LogP contribution in [-0.4, -0.2) is 35.0 Å². The first-order valence-electron chi connectivity index (χ1n) is 5.61. The smallest absolute Gasteiger partial charge is 0.413 e. The molecule has 6 nitrogen and oxygen atoms in total. The van der Waals surface area contributed by atoms with Crippen molar-refractivity contribution in [2.45, 2.75) is 26.4 Å². The van der Waals surface area contributed by atoms with Gasteiger partial charge >= 0.3 is 6.09 Å². The molecular formula is C12H18N2O4. The predicted octanol–water partition coefficient (Wildman–Crippen LogP) is 1.80. The highest BCUT2D eigenvalue weighted by molar-refractivity contribution is 5.83. The Morgan fingerprint density at radius 1 is 1.44 bits per heavy atom. The molecule has 6 heteroatoms. The summed E-state index contributed by atoms with van der Waals surface area (Å²) in [4.78, 5) is 15.5. The minimum absolute atomic E-state index is 0.0919. The van der Waals surface area contributed by atoms with E-state index in [1.807, 2.05) is 0 Å². The average Bonchev–Trinajstić information content (AvgIpc) is 2.24. The van der Waals surface area contributed by atoms with Gasteiger partial charge in [0.25, 0.3) is 0 Å². The molecule has 0 saturated carbocycles. The van der Waals surface area contributed by atoms with Crippen LogP contribution in [-0.2, 0) is 4.74 Å². The molecule has 0 aliphatic rings. The van der Waals surface area contributed by atoms with Crippen molar-refractivity contribution in [3.63, 3.8) is 0 Å².